The van der Waals surface area contributed by atoms with Gasteiger partial charge in [0.15, 0.2) is 4.34 Å². The molecule has 0 radical (unpaired) electrons. The lowest BCUT2D eigenvalue weighted by Gasteiger charge is -2.13. The van der Waals surface area contributed by atoms with Gasteiger partial charge in [-0.2, -0.15) is 4.37 Å². The van der Waals surface area contributed by atoms with E-state index in [0.29, 0.717) is 6.04 Å². The molecule has 0 aliphatic carbocycles. The van der Waals surface area contributed by atoms with Gasteiger partial charge in [0.1, 0.15) is 5.82 Å². The van der Waals surface area contributed by atoms with Gasteiger partial charge in [-0.3, -0.25) is 0 Å². The SMILES string of the molecule is CCC(CC)NCCSc1nc(C)ns1. The van der Waals surface area contributed by atoms with Gasteiger partial charge >= 0.3 is 0 Å². The van der Waals surface area contributed by atoms with Crippen molar-refractivity contribution in [2.45, 2.75) is 44.0 Å². The van der Waals surface area contributed by atoms with Gasteiger partial charge in [0.05, 0.1) is 0 Å². The van der Waals surface area contributed by atoms with Gasteiger partial charge in [-0.15, -0.1) is 0 Å². The highest BCUT2D eigenvalue weighted by Gasteiger charge is 2.03. The molecule has 86 valence electrons. The van der Waals surface area contributed by atoms with Gasteiger partial charge in [-0.1, -0.05) is 25.6 Å². The standard InChI is InChI=1S/C10H19N3S2/c1-4-9(5-2)11-6-7-14-10-12-8(3)13-15-10/h9,11H,4-7H2,1-3H3. The highest BCUT2D eigenvalue weighted by atomic mass is 32.2. The van der Waals surface area contributed by atoms with Crippen molar-refractivity contribution in [2.75, 3.05) is 12.3 Å². The normalized spacial score (nSPS) is 11.2. The van der Waals surface area contributed by atoms with Crippen LogP contribution in [0.2, 0.25) is 0 Å². The molecule has 0 spiro atoms. The van der Waals surface area contributed by atoms with Crippen molar-refractivity contribution >= 4 is 23.3 Å². The fourth-order valence-corrected chi connectivity index (χ4v) is 2.90. The molecular formula is C10H19N3S2. The molecule has 0 bridgehead atoms. The van der Waals surface area contributed by atoms with E-state index in [-0.39, 0.29) is 0 Å². The average molecular weight is 245 g/mol. The monoisotopic (exact) mass is 245 g/mol. The van der Waals surface area contributed by atoms with Crippen LogP contribution in [0, 0.1) is 6.92 Å². The van der Waals surface area contributed by atoms with Crippen LogP contribution in [-0.2, 0) is 0 Å². The predicted octanol–water partition coefficient (Wildman–Crippen LogP) is 2.72. The first-order valence-corrected chi connectivity index (χ1v) is 7.18. The zero-order valence-electron chi connectivity index (χ0n) is 9.62. The summed E-state index contributed by atoms with van der Waals surface area (Å²) in [6, 6.07) is 0.668. The van der Waals surface area contributed by atoms with E-state index in [9.17, 15) is 0 Å². The van der Waals surface area contributed by atoms with Crippen LogP contribution >= 0.6 is 23.3 Å². The van der Waals surface area contributed by atoms with E-state index in [1.165, 1.54) is 24.4 Å². The number of nitrogens with zero attached hydrogens (tertiary/aromatic N) is 2. The number of rotatable bonds is 7. The number of hydrogen-bond acceptors (Lipinski definition) is 5. The minimum Gasteiger partial charge on any atom is -0.313 e. The quantitative estimate of drug-likeness (QED) is 0.592. The minimum absolute atomic E-state index is 0.668. The van der Waals surface area contributed by atoms with Crippen molar-refractivity contribution < 1.29 is 0 Å². The van der Waals surface area contributed by atoms with Crippen molar-refractivity contribution in [2.24, 2.45) is 0 Å². The molecule has 0 aliphatic rings. The zero-order valence-corrected chi connectivity index (χ0v) is 11.2. The molecule has 5 heteroatoms. The summed E-state index contributed by atoms with van der Waals surface area (Å²) < 4.78 is 5.23. The van der Waals surface area contributed by atoms with Crippen LogP contribution < -0.4 is 5.32 Å². The molecule has 1 N–H and O–H groups in total. The Morgan fingerprint density at radius 2 is 2.13 bits per heavy atom. The summed E-state index contributed by atoms with van der Waals surface area (Å²) in [5, 5.41) is 3.53. The molecule has 0 aromatic carbocycles. The number of thioether (sulfide) groups is 1. The molecule has 0 amide bonds. The first-order valence-electron chi connectivity index (χ1n) is 5.42. The Labute approximate surface area is 100 Å². The van der Waals surface area contributed by atoms with Crippen LogP contribution in [0.25, 0.3) is 0 Å². The topological polar surface area (TPSA) is 37.8 Å². The summed E-state index contributed by atoms with van der Waals surface area (Å²) in [5.74, 6) is 1.96. The fourth-order valence-electron chi connectivity index (χ4n) is 1.32. The average Bonchev–Trinajstić information content (AvgIpc) is 2.65. The smallest absolute Gasteiger partial charge is 0.170 e. The lowest BCUT2D eigenvalue weighted by molar-refractivity contribution is 0.501. The van der Waals surface area contributed by atoms with Gasteiger partial charge in [0.2, 0.25) is 0 Å². The Hall–Kier alpha value is -0.130. The van der Waals surface area contributed by atoms with Crippen LogP contribution in [0.4, 0.5) is 0 Å². The maximum absolute atomic E-state index is 4.31. The Morgan fingerprint density at radius 1 is 1.40 bits per heavy atom. The van der Waals surface area contributed by atoms with Gasteiger partial charge in [0.25, 0.3) is 0 Å². The van der Waals surface area contributed by atoms with E-state index < -0.39 is 0 Å². The minimum atomic E-state index is 0.668. The molecule has 1 rings (SSSR count). The molecule has 0 aliphatic heterocycles. The first kappa shape index (κ1) is 12.9. The maximum atomic E-state index is 4.31. The third-order valence-electron chi connectivity index (χ3n) is 2.26. The highest BCUT2D eigenvalue weighted by Crippen LogP contribution is 2.18. The van der Waals surface area contributed by atoms with Crippen molar-refractivity contribution in [1.29, 1.82) is 0 Å². The number of aryl methyl sites for hydroxylation is 1. The number of nitrogens with one attached hydrogen (secondary N) is 1. The summed E-state index contributed by atoms with van der Waals surface area (Å²) in [6.07, 6.45) is 2.41. The van der Waals surface area contributed by atoms with Crippen LogP contribution in [0.1, 0.15) is 32.5 Å². The molecule has 0 atom stereocenters. The van der Waals surface area contributed by atoms with Crippen LogP contribution in [0.15, 0.2) is 4.34 Å². The highest BCUT2D eigenvalue weighted by molar-refractivity contribution is 8.00. The molecule has 0 saturated heterocycles. The summed E-state index contributed by atoms with van der Waals surface area (Å²) in [7, 11) is 0. The fraction of sp³-hybridized carbons (Fsp3) is 0.800. The van der Waals surface area contributed by atoms with E-state index in [4.69, 9.17) is 0 Å². The van der Waals surface area contributed by atoms with Crippen molar-refractivity contribution in [3.63, 3.8) is 0 Å². The molecule has 0 fully saturated rings. The van der Waals surface area contributed by atoms with Crippen molar-refractivity contribution in [3.8, 4) is 0 Å². The molecule has 1 heterocycles. The van der Waals surface area contributed by atoms with Crippen LogP contribution in [0.3, 0.4) is 0 Å². The molecule has 0 unspecified atom stereocenters. The van der Waals surface area contributed by atoms with E-state index >= 15 is 0 Å². The zero-order chi connectivity index (χ0) is 11.1. The summed E-state index contributed by atoms with van der Waals surface area (Å²) >= 11 is 3.28. The first-order chi connectivity index (χ1) is 7.26. The van der Waals surface area contributed by atoms with Gasteiger partial charge < -0.3 is 5.32 Å². The van der Waals surface area contributed by atoms with E-state index in [0.717, 1.165) is 22.5 Å². The molecule has 1 aromatic heterocycles. The lowest BCUT2D eigenvalue weighted by Crippen LogP contribution is -2.29. The van der Waals surface area contributed by atoms with Crippen LogP contribution in [0.5, 0.6) is 0 Å². The van der Waals surface area contributed by atoms with Crippen molar-refractivity contribution in [1.82, 2.24) is 14.7 Å². The van der Waals surface area contributed by atoms with Crippen LogP contribution in [-0.4, -0.2) is 27.7 Å². The predicted molar refractivity (Wildman–Crippen MR) is 67.7 cm³/mol. The second-order valence-corrected chi connectivity index (χ2v) is 5.52. The van der Waals surface area contributed by atoms with Gasteiger partial charge in [-0.05, 0) is 31.3 Å². The second-order valence-electron chi connectivity index (χ2n) is 3.42. The second kappa shape index (κ2) is 7.19. The third-order valence-corrected chi connectivity index (χ3v) is 4.18. The Kier molecular flexibility index (Phi) is 6.20. The largest absolute Gasteiger partial charge is 0.313 e. The van der Waals surface area contributed by atoms with Gasteiger partial charge in [0, 0.05) is 18.3 Å². The lowest BCUT2D eigenvalue weighted by atomic mass is 10.2. The summed E-state index contributed by atoms with van der Waals surface area (Å²) in [4.78, 5) is 4.31. The van der Waals surface area contributed by atoms with E-state index in [1.807, 2.05) is 6.92 Å². The van der Waals surface area contributed by atoms with E-state index in [1.54, 1.807) is 11.8 Å². The summed E-state index contributed by atoms with van der Waals surface area (Å²) in [5.41, 5.74) is 0. The number of aromatic nitrogens is 2. The summed E-state index contributed by atoms with van der Waals surface area (Å²) in [6.45, 7) is 7.43. The molecule has 0 saturated carbocycles. The Morgan fingerprint density at radius 3 is 2.67 bits per heavy atom. The molecule has 3 nitrogen and oxygen atoms in total. The van der Waals surface area contributed by atoms with Gasteiger partial charge in [-0.25, -0.2) is 4.98 Å². The van der Waals surface area contributed by atoms with Crippen molar-refractivity contribution in [3.05, 3.63) is 5.82 Å². The maximum Gasteiger partial charge on any atom is 0.170 e. The molecular weight excluding hydrogens is 226 g/mol. The molecule has 15 heavy (non-hydrogen) atoms. The Bertz CT molecular complexity index is 271. The van der Waals surface area contributed by atoms with E-state index in [2.05, 4.69) is 28.5 Å². The number of hydrogen-bond donors (Lipinski definition) is 1. The third kappa shape index (κ3) is 4.95. The molecule has 1 aromatic rings. The Balaban J connectivity index is 2.11.